The molecule has 0 aliphatic heterocycles. The molecule has 0 spiro atoms. The second-order valence-electron chi connectivity index (χ2n) is 3.09. The second kappa shape index (κ2) is 5.21. The highest BCUT2D eigenvalue weighted by atomic mass is 79.9. The minimum Gasteiger partial charge on any atom is -0.470 e. The van der Waals surface area contributed by atoms with Crippen molar-refractivity contribution < 1.29 is 26.7 Å². The lowest BCUT2D eigenvalue weighted by Crippen LogP contribution is -2.41. The van der Waals surface area contributed by atoms with Crippen molar-refractivity contribution in [2.45, 2.75) is 12.1 Å². The van der Waals surface area contributed by atoms with Crippen molar-refractivity contribution in [3.8, 4) is 5.88 Å². The Hall–Kier alpha value is -1.19. The van der Waals surface area contributed by atoms with Gasteiger partial charge in [-0.1, -0.05) is 0 Å². The molecule has 0 amide bonds. The second-order valence-corrected chi connectivity index (χ2v) is 3.94. The van der Waals surface area contributed by atoms with Crippen LogP contribution in [0.1, 0.15) is 0 Å². The third kappa shape index (κ3) is 3.40. The number of aromatic nitrogens is 2. The molecule has 0 aromatic carbocycles. The average molecular weight is 336 g/mol. The van der Waals surface area contributed by atoms with E-state index in [9.17, 15) is 22.0 Å². The molecule has 0 bridgehead atoms. The summed E-state index contributed by atoms with van der Waals surface area (Å²) in [5, 5.41) is 2.49. The molecule has 102 valence electrons. The van der Waals surface area contributed by atoms with Crippen LogP contribution in [-0.4, -0.2) is 35.7 Å². The van der Waals surface area contributed by atoms with Crippen molar-refractivity contribution in [3.05, 3.63) is 10.7 Å². The molecule has 4 nitrogen and oxygen atoms in total. The Labute approximate surface area is 107 Å². The highest BCUT2D eigenvalue weighted by Gasteiger charge is 2.58. The van der Waals surface area contributed by atoms with Crippen LogP contribution in [-0.2, 0) is 0 Å². The zero-order chi connectivity index (χ0) is 14.0. The van der Waals surface area contributed by atoms with Gasteiger partial charge in [0, 0.05) is 7.05 Å². The van der Waals surface area contributed by atoms with Crippen LogP contribution in [0.3, 0.4) is 0 Å². The molecule has 0 saturated heterocycles. The maximum atomic E-state index is 12.6. The molecular formula is C8H7BrF5N3O. The summed E-state index contributed by atoms with van der Waals surface area (Å²) >= 11 is 2.87. The molecule has 0 radical (unpaired) electrons. The number of nitrogens with zero attached hydrogens (tertiary/aromatic N) is 2. The third-order valence-corrected chi connectivity index (χ3v) is 2.28. The number of alkyl halides is 5. The molecule has 0 aliphatic rings. The Balaban J connectivity index is 2.80. The first-order valence-electron chi connectivity index (χ1n) is 4.45. The van der Waals surface area contributed by atoms with E-state index in [4.69, 9.17) is 0 Å². The van der Waals surface area contributed by atoms with Gasteiger partial charge in [-0.2, -0.15) is 26.9 Å². The first kappa shape index (κ1) is 14.9. The lowest BCUT2D eigenvalue weighted by atomic mass is 10.3. The van der Waals surface area contributed by atoms with E-state index in [-0.39, 0.29) is 10.4 Å². The van der Waals surface area contributed by atoms with Gasteiger partial charge in [-0.25, -0.2) is 4.98 Å². The van der Waals surface area contributed by atoms with Crippen molar-refractivity contribution in [2.75, 3.05) is 19.0 Å². The quantitative estimate of drug-likeness (QED) is 0.859. The van der Waals surface area contributed by atoms with Gasteiger partial charge in [0.25, 0.3) is 0 Å². The fourth-order valence-electron chi connectivity index (χ4n) is 0.814. The molecule has 1 heterocycles. The summed E-state index contributed by atoms with van der Waals surface area (Å²) in [6.45, 7) is -1.85. The predicted molar refractivity (Wildman–Crippen MR) is 55.8 cm³/mol. The summed E-state index contributed by atoms with van der Waals surface area (Å²) in [5.74, 6) is -5.32. The van der Waals surface area contributed by atoms with Gasteiger partial charge in [0.15, 0.2) is 6.61 Å². The van der Waals surface area contributed by atoms with E-state index in [1.165, 1.54) is 13.2 Å². The highest BCUT2D eigenvalue weighted by molar-refractivity contribution is 9.10. The fourth-order valence-corrected chi connectivity index (χ4v) is 1.12. The van der Waals surface area contributed by atoms with Crippen LogP contribution in [0, 0.1) is 0 Å². The lowest BCUT2D eigenvalue weighted by Gasteiger charge is -2.19. The Morgan fingerprint density at radius 3 is 2.44 bits per heavy atom. The normalized spacial score (nSPS) is 12.4. The molecule has 0 fully saturated rings. The topological polar surface area (TPSA) is 47.0 Å². The van der Waals surface area contributed by atoms with Crippen LogP contribution in [0.2, 0.25) is 0 Å². The molecule has 10 heteroatoms. The number of anilines is 1. The summed E-state index contributed by atoms with van der Waals surface area (Å²) in [7, 11) is 1.46. The van der Waals surface area contributed by atoms with Crippen LogP contribution in [0.25, 0.3) is 0 Å². The molecule has 0 atom stereocenters. The molecular weight excluding hydrogens is 329 g/mol. The number of rotatable bonds is 4. The fraction of sp³-hybridized carbons (Fsp3) is 0.500. The molecule has 1 N–H and O–H groups in total. The molecule has 0 saturated carbocycles. The zero-order valence-corrected chi connectivity index (χ0v) is 10.4. The number of halogens is 6. The minimum absolute atomic E-state index is 0.0310. The summed E-state index contributed by atoms with van der Waals surface area (Å²) in [4.78, 5) is 7.28. The van der Waals surface area contributed by atoms with E-state index in [2.05, 4.69) is 36.0 Å². The van der Waals surface area contributed by atoms with E-state index >= 15 is 0 Å². The lowest BCUT2D eigenvalue weighted by molar-refractivity contribution is -0.290. The molecule has 1 aromatic rings. The average Bonchev–Trinajstić information content (AvgIpc) is 2.26. The minimum atomic E-state index is -5.67. The Bertz CT molecular complexity index is 426. The number of hydrogen-bond donors (Lipinski definition) is 1. The zero-order valence-electron chi connectivity index (χ0n) is 8.85. The Kier molecular flexibility index (Phi) is 4.30. The maximum absolute atomic E-state index is 12.6. The van der Waals surface area contributed by atoms with E-state index in [1.54, 1.807) is 0 Å². The Morgan fingerprint density at radius 2 is 1.94 bits per heavy atom. The molecule has 1 rings (SSSR count). The maximum Gasteiger partial charge on any atom is 0.456 e. The van der Waals surface area contributed by atoms with Crippen LogP contribution < -0.4 is 10.1 Å². The first-order valence-corrected chi connectivity index (χ1v) is 5.24. The summed E-state index contributed by atoms with van der Waals surface area (Å²) < 4.78 is 65.3. The molecule has 1 aromatic heterocycles. The van der Waals surface area contributed by atoms with E-state index in [0.717, 1.165) is 0 Å². The van der Waals surface area contributed by atoms with Crippen molar-refractivity contribution in [1.82, 2.24) is 9.97 Å². The van der Waals surface area contributed by atoms with Gasteiger partial charge in [-0.15, -0.1) is 0 Å². The van der Waals surface area contributed by atoms with Crippen molar-refractivity contribution in [2.24, 2.45) is 0 Å². The molecule has 18 heavy (non-hydrogen) atoms. The van der Waals surface area contributed by atoms with Crippen molar-refractivity contribution in [1.29, 1.82) is 0 Å². The third-order valence-electron chi connectivity index (χ3n) is 1.74. The van der Waals surface area contributed by atoms with Crippen LogP contribution >= 0.6 is 15.9 Å². The van der Waals surface area contributed by atoms with Crippen LogP contribution in [0.15, 0.2) is 10.7 Å². The van der Waals surface area contributed by atoms with Gasteiger partial charge >= 0.3 is 12.1 Å². The smallest absolute Gasteiger partial charge is 0.456 e. The SMILES string of the molecule is CNc1ncc(Br)c(OCC(F)(F)C(F)(F)F)n1. The summed E-state index contributed by atoms with van der Waals surface area (Å²) in [5.41, 5.74) is 0. The summed E-state index contributed by atoms with van der Waals surface area (Å²) in [6.07, 6.45) is -4.50. The van der Waals surface area contributed by atoms with Crippen LogP contribution in [0.4, 0.5) is 27.9 Å². The molecule has 0 unspecified atom stereocenters. The number of nitrogens with one attached hydrogen (secondary N) is 1. The highest BCUT2D eigenvalue weighted by Crippen LogP contribution is 2.36. The van der Waals surface area contributed by atoms with Crippen molar-refractivity contribution in [3.63, 3.8) is 0 Å². The van der Waals surface area contributed by atoms with Gasteiger partial charge in [0.05, 0.1) is 10.7 Å². The number of hydrogen-bond acceptors (Lipinski definition) is 4. The predicted octanol–water partition coefficient (Wildman–Crippen LogP) is 2.86. The van der Waals surface area contributed by atoms with E-state index in [1.807, 2.05) is 0 Å². The largest absolute Gasteiger partial charge is 0.470 e. The Morgan fingerprint density at radius 1 is 1.33 bits per heavy atom. The van der Waals surface area contributed by atoms with Gasteiger partial charge in [-0.05, 0) is 15.9 Å². The number of ether oxygens (including phenoxy) is 1. The molecule has 0 aliphatic carbocycles. The van der Waals surface area contributed by atoms with Crippen molar-refractivity contribution >= 4 is 21.9 Å². The summed E-state index contributed by atoms with van der Waals surface area (Å²) in [6, 6.07) is 0. The van der Waals surface area contributed by atoms with Crippen LogP contribution in [0.5, 0.6) is 5.88 Å². The van der Waals surface area contributed by atoms with Gasteiger partial charge in [0.2, 0.25) is 11.8 Å². The standard InChI is InChI=1S/C8H7BrF5N3O/c1-15-6-16-2-4(9)5(17-6)18-3-7(10,11)8(12,13)14/h2H,3H2,1H3,(H,15,16,17). The van der Waals surface area contributed by atoms with E-state index < -0.39 is 24.6 Å². The van der Waals surface area contributed by atoms with Gasteiger partial charge in [0.1, 0.15) is 0 Å². The van der Waals surface area contributed by atoms with Gasteiger partial charge in [-0.3, -0.25) is 0 Å². The van der Waals surface area contributed by atoms with Gasteiger partial charge < -0.3 is 10.1 Å². The van der Waals surface area contributed by atoms with E-state index in [0.29, 0.717) is 0 Å². The first-order chi connectivity index (χ1) is 8.17. The monoisotopic (exact) mass is 335 g/mol.